The van der Waals surface area contributed by atoms with E-state index in [1.165, 1.54) is 30.7 Å². The Morgan fingerprint density at radius 2 is 1.42 bits per heavy atom. The van der Waals surface area contributed by atoms with Crippen molar-refractivity contribution < 1.29 is 14.5 Å². The first-order valence-corrected chi connectivity index (χ1v) is 11.6. The molecule has 3 saturated heterocycles. The Morgan fingerprint density at radius 3 is 2.00 bits per heavy atom. The summed E-state index contributed by atoms with van der Waals surface area (Å²) in [6, 6.07) is 6.31. The van der Waals surface area contributed by atoms with Crippen LogP contribution in [0.5, 0.6) is 0 Å². The van der Waals surface area contributed by atoms with Gasteiger partial charge in [0.15, 0.2) is 0 Å². The molecule has 1 aromatic carbocycles. The molecule has 0 spiro atoms. The topological polar surface area (TPSA) is 87.0 Å². The van der Waals surface area contributed by atoms with Gasteiger partial charge in [-0.2, -0.15) is 0 Å². The molecule has 31 heavy (non-hydrogen) atoms. The Morgan fingerprint density at radius 1 is 0.806 bits per heavy atom. The molecule has 0 radical (unpaired) electrons. The zero-order chi connectivity index (χ0) is 21.8. The number of rotatable bonds is 4. The number of amides is 2. The van der Waals surface area contributed by atoms with Gasteiger partial charge in [0.2, 0.25) is 5.91 Å². The summed E-state index contributed by atoms with van der Waals surface area (Å²) in [5.74, 6) is 0.486. The van der Waals surface area contributed by atoms with Crippen LogP contribution in [0.15, 0.2) is 24.3 Å². The van der Waals surface area contributed by atoms with Gasteiger partial charge in [-0.1, -0.05) is 0 Å². The molecule has 0 unspecified atom stereocenters. The Hall–Kier alpha value is -2.48. The average Bonchev–Trinajstić information content (AvgIpc) is 2.84. The maximum absolute atomic E-state index is 12.8. The van der Waals surface area contributed by atoms with Gasteiger partial charge in [0, 0.05) is 55.8 Å². The number of hydrogen-bond acceptors (Lipinski definition) is 5. The summed E-state index contributed by atoms with van der Waals surface area (Å²) in [7, 11) is 0. The molecule has 3 aliphatic heterocycles. The summed E-state index contributed by atoms with van der Waals surface area (Å²) in [6.07, 6.45) is 7.28. The van der Waals surface area contributed by atoms with Gasteiger partial charge in [0.05, 0.1) is 4.92 Å². The van der Waals surface area contributed by atoms with Crippen molar-refractivity contribution in [3.63, 3.8) is 0 Å². The number of piperidine rings is 3. The first-order valence-electron chi connectivity index (χ1n) is 11.6. The van der Waals surface area contributed by atoms with E-state index in [0.29, 0.717) is 30.6 Å². The molecular formula is C23H32N4O4. The summed E-state index contributed by atoms with van der Waals surface area (Å²) in [5.41, 5.74) is 0.499. The molecule has 0 aromatic heterocycles. The molecule has 3 fully saturated rings. The van der Waals surface area contributed by atoms with E-state index in [4.69, 9.17) is 0 Å². The van der Waals surface area contributed by atoms with E-state index >= 15 is 0 Å². The molecule has 0 atom stereocenters. The normalized spacial score (nSPS) is 21.8. The van der Waals surface area contributed by atoms with Gasteiger partial charge >= 0.3 is 0 Å². The van der Waals surface area contributed by atoms with E-state index in [0.717, 1.165) is 64.7 Å². The lowest BCUT2D eigenvalue weighted by atomic mass is 9.91. The van der Waals surface area contributed by atoms with Gasteiger partial charge in [0.25, 0.3) is 11.6 Å². The molecule has 8 nitrogen and oxygen atoms in total. The van der Waals surface area contributed by atoms with Crippen LogP contribution in [0.25, 0.3) is 0 Å². The zero-order valence-corrected chi connectivity index (χ0v) is 18.1. The lowest BCUT2D eigenvalue weighted by molar-refractivity contribution is -0.384. The fraction of sp³-hybridized carbons (Fsp3) is 0.652. The number of nitrogens with zero attached hydrogens (tertiary/aromatic N) is 4. The van der Waals surface area contributed by atoms with E-state index in [-0.39, 0.29) is 17.5 Å². The second kappa shape index (κ2) is 9.77. The van der Waals surface area contributed by atoms with Crippen molar-refractivity contribution in [3.05, 3.63) is 39.9 Å². The molecule has 4 rings (SSSR count). The number of likely N-dealkylation sites (tertiary alicyclic amines) is 3. The highest BCUT2D eigenvalue weighted by Gasteiger charge is 2.33. The lowest BCUT2D eigenvalue weighted by Crippen LogP contribution is -2.50. The highest BCUT2D eigenvalue weighted by atomic mass is 16.6. The zero-order valence-electron chi connectivity index (χ0n) is 18.1. The van der Waals surface area contributed by atoms with E-state index in [2.05, 4.69) is 9.80 Å². The number of non-ortho nitro benzene ring substituents is 1. The number of carbonyl (C=O) groups excluding carboxylic acids is 2. The van der Waals surface area contributed by atoms with Gasteiger partial charge in [0.1, 0.15) is 0 Å². The van der Waals surface area contributed by atoms with Crippen LogP contribution >= 0.6 is 0 Å². The number of hydrogen-bond donors (Lipinski definition) is 0. The molecule has 0 N–H and O–H groups in total. The average molecular weight is 429 g/mol. The smallest absolute Gasteiger partial charge is 0.269 e. The Kier molecular flexibility index (Phi) is 6.85. The molecule has 3 aliphatic rings. The highest BCUT2D eigenvalue weighted by molar-refractivity contribution is 5.94. The second-order valence-corrected chi connectivity index (χ2v) is 9.02. The van der Waals surface area contributed by atoms with Crippen molar-refractivity contribution in [1.82, 2.24) is 14.7 Å². The van der Waals surface area contributed by atoms with Crippen molar-refractivity contribution >= 4 is 17.5 Å². The Bertz CT molecular complexity index is 790. The summed E-state index contributed by atoms with van der Waals surface area (Å²) in [5, 5.41) is 10.8. The molecule has 0 bridgehead atoms. The first kappa shape index (κ1) is 21.7. The van der Waals surface area contributed by atoms with Crippen molar-refractivity contribution in [3.8, 4) is 0 Å². The van der Waals surface area contributed by atoms with Crippen LogP contribution in [-0.4, -0.2) is 76.7 Å². The predicted octanol–water partition coefficient (Wildman–Crippen LogP) is 2.92. The second-order valence-electron chi connectivity index (χ2n) is 9.02. The monoisotopic (exact) mass is 428 g/mol. The van der Waals surface area contributed by atoms with Gasteiger partial charge in [-0.15, -0.1) is 0 Å². The van der Waals surface area contributed by atoms with E-state index in [9.17, 15) is 19.7 Å². The predicted molar refractivity (Wildman–Crippen MR) is 117 cm³/mol. The van der Waals surface area contributed by atoms with Gasteiger partial charge in [-0.3, -0.25) is 19.7 Å². The molecule has 168 valence electrons. The minimum Gasteiger partial charge on any atom is -0.342 e. The fourth-order valence-electron chi connectivity index (χ4n) is 5.23. The van der Waals surface area contributed by atoms with Crippen molar-refractivity contribution in [2.24, 2.45) is 5.92 Å². The van der Waals surface area contributed by atoms with E-state index in [1.807, 2.05) is 4.90 Å². The Balaban J connectivity index is 1.23. The number of nitro benzene ring substituents is 1. The first-order chi connectivity index (χ1) is 15.0. The van der Waals surface area contributed by atoms with Crippen LogP contribution in [0.1, 0.15) is 55.3 Å². The van der Waals surface area contributed by atoms with Gasteiger partial charge in [-0.05, 0) is 70.2 Å². The molecule has 3 heterocycles. The van der Waals surface area contributed by atoms with Crippen molar-refractivity contribution in [1.29, 1.82) is 0 Å². The lowest BCUT2D eigenvalue weighted by Gasteiger charge is -2.42. The van der Waals surface area contributed by atoms with Crippen molar-refractivity contribution in [2.45, 2.75) is 51.0 Å². The maximum atomic E-state index is 12.8. The standard InChI is InChI=1S/C23H32N4O4/c28-22(18-4-6-21(7-5-18)27(30)31)26-16-10-20(11-17-26)24-14-8-19(9-15-24)23(29)25-12-2-1-3-13-25/h4-7,19-20H,1-3,8-17H2. The third-order valence-corrected chi connectivity index (χ3v) is 7.14. The van der Waals surface area contributed by atoms with Crippen LogP contribution < -0.4 is 0 Å². The minimum atomic E-state index is -0.455. The third kappa shape index (κ3) is 5.06. The van der Waals surface area contributed by atoms with Crippen LogP contribution in [-0.2, 0) is 4.79 Å². The molecule has 2 amide bonds. The summed E-state index contributed by atoms with van der Waals surface area (Å²) in [4.78, 5) is 42.3. The van der Waals surface area contributed by atoms with Crippen LogP contribution in [0.2, 0.25) is 0 Å². The van der Waals surface area contributed by atoms with Gasteiger partial charge < -0.3 is 14.7 Å². The van der Waals surface area contributed by atoms with Crippen molar-refractivity contribution in [2.75, 3.05) is 39.3 Å². The van der Waals surface area contributed by atoms with Crippen LogP contribution in [0.3, 0.4) is 0 Å². The third-order valence-electron chi connectivity index (χ3n) is 7.14. The van der Waals surface area contributed by atoms with Crippen LogP contribution in [0, 0.1) is 16.0 Å². The molecule has 0 saturated carbocycles. The van der Waals surface area contributed by atoms with Gasteiger partial charge in [-0.25, -0.2) is 0 Å². The number of nitro groups is 1. The van der Waals surface area contributed by atoms with Crippen LogP contribution in [0.4, 0.5) is 5.69 Å². The fourth-order valence-corrected chi connectivity index (χ4v) is 5.23. The highest BCUT2D eigenvalue weighted by Crippen LogP contribution is 2.27. The molecule has 0 aliphatic carbocycles. The summed E-state index contributed by atoms with van der Waals surface area (Å²) < 4.78 is 0. The van der Waals surface area contributed by atoms with E-state index in [1.54, 1.807) is 0 Å². The number of benzene rings is 1. The molecule has 8 heteroatoms. The molecular weight excluding hydrogens is 396 g/mol. The Labute approximate surface area is 183 Å². The SMILES string of the molecule is O=C(c1ccc([N+](=O)[O-])cc1)N1CCC(N2CCC(C(=O)N3CCCCC3)CC2)CC1. The van der Waals surface area contributed by atoms with E-state index < -0.39 is 4.92 Å². The largest absolute Gasteiger partial charge is 0.342 e. The maximum Gasteiger partial charge on any atom is 0.269 e. The summed E-state index contributed by atoms with van der Waals surface area (Å²) >= 11 is 0. The quantitative estimate of drug-likeness (QED) is 0.544. The molecule has 1 aromatic rings. The number of carbonyl (C=O) groups is 2. The summed E-state index contributed by atoms with van der Waals surface area (Å²) in [6.45, 7) is 5.19. The minimum absolute atomic E-state index is 0.00238.